The van der Waals surface area contributed by atoms with E-state index < -0.39 is 11.4 Å². The summed E-state index contributed by atoms with van der Waals surface area (Å²) in [5.74, 6) is -0.867. The highest BCUT2D eigenvalue weighted by atomic mass is 16.5. The number of hydrogen-bond acceptors (Lipinski definition) is 5. The average molecular weight is 481 g/mol. The fourth-order valence-corrected chi connectivity index (χ4v) is 5.53. The molecular weight excluding hydrogens is 456 g/mol. The minimum Gasteiger partial charge on any atom is -0.450 e. The van der Waals surface area contributed by atoms with Crippen LogP contribution >= 0.6 is 0 Å². The third-order valence-electron chi connectivity index (χ3n) is 7.06. The van der Waals surface area contributed by atoms with Crippen molar-refractivity contribution in [3.05, 3.63) is 112 Å². The van der Waals surface area contributed by atoms with Crippen LogP contribution in [-0.4, -0.2) is 37.0 Å². The lowest BCUT2D eigenvalue weighted by atomic mass is 9.84. The number of para-hydroxylation sites is 2. The molecule has 2 aliphatic rings. The number of anilines is 1. The number of rotatable bonds is 6. The first-order valence-corrected chi connectivity index (χ1v) is 11.9. The first kappa shape index (κ1) is 22.2. The highest BCUT2D eigenvalue weighted by Gasteiger charge is 2.64. The summed E-state index contributed by atoms with van der Waals surface area (Å²) in [5, 5.41) is 0.342. The van der Waals surface area contributed by atoms with E-state index in [0.29, 0.717) is 41.8 Å². The van der Waals surface area contributed by atoms with Crippen LogP contribution in [0.1, 0.15) is 33.7 Å². The molecule has 0 radical (unpaired) electrons. The van der Waals surface area contributed by atoms with Crippen molar-refractivity contribution in [2.45, 2.75) is 18.5 Å². The Balaban J connectivity index is 1.63. The molecule has 2 aliphatic heterocycles. The van der Waals surface area contributed by atoms with E-state index in [9.17, 15) is 14.4 Å². The number of carbonyl (C=O) groups excluding carboxylic acids is 2. The molecule has 6 rings (SSSR count). The molecule has 0 saturated carbocycles. The number of ether oxygens (including phenoxy) is 1. The molecule has 7 heteroatoms. The molecule has 0 aliphatic carbocycles. The number of nitrogens with zero attached hydrogens (tertiary/aromatic N) is 2. The number of methoxy groups -OCH3 is 1. The normalized spacial score (nSPS) is 18.4. The van der Waals surface area contributed by atoms with Crippen molar-refractivity contribution < 1.29 is 18.7 Å². The van der Waals surface area contributed by atoms with Gasteiger partial charge in [-0.2, -0.15) is 0 Å². The number of hydrogen-bond donors (Lipinski definition) is 0. The number of amides is 2. The average Bonchev–Trinajstić information content (AvgIpc) is 3.30. The Morgan fingerprint density at radius 1 is 0.889 bits per heavy atom. The zero-order valence-corrected chi connectivity index (χ0v) is 19.8. The van der Waals surface area contributed by atoms with Crippen LogP contribution < -0.4 is 10.3 Å². The van der Waals surface area contributed by atoms with Gasteiger partial charge in [-0.15, -0.1) is 0 Å². The predicted octanol–water partition coefficient (Wildman–Crippen LogP) is 4.08. The van der Waals surface area contributed by atoms with Crippen molar-refractivity contribution in [1.82, 2.24) is 4.90 Å². The summed E-state index contributed by atoms with van der Waals surface area (Å²) < 4.78 is 11.3. The van der Waals surface area contributed by atoms with Gasteiger partial charge < -0.3 is 19.0 Å². The second kappa shape index (κ2) is 8.46. The van der Waals surface area contributed by atoms with Gasteiger partial charge in [0.15, 0.2) is 11.0 Å². The van der Waals surface area contributed by atoms with E-state index in [4.69, 9.17) is 9.15 Å². The first-order chi connectivity index (χ1) is 17.6. The minimum absolute atomic E-state index is 0.0687. The molecule has 4 aromatic rings. The molecule has 1 spiro atoms. The van der Waals surface area contributed by atoms with Crippen LogP contribution in [0.25, 0.3) is 11.0 Å². The maximum Gasteiger partial charge on any atom is 0.291 e. The molecule has 3 heterocycles. The van der Waals surface area contributed by atoms with E-state index in [2.05, 4.69) is 0 Å². The highest BCUT2D eigenvalue weighted by molar-refractivity contribution is 6.17. The van der Waals surface area contributed by atoms with Crippen molar-refractivity contribution in [2.24, 2.45) is 0 Å². The van der Waals surface area contributed by atoms with E-state index in [1.165, 1.54) is 4.90 Å². The van der Waals surface area contributed by atoms with Crippen molar-refractivity contribution in [3.8, 4) is 0 Å². The van der Waals surface area contributed by atoms with Gasteiger partial charge in [-0.1, -0.05) is 60.7 Å². The van der Waals surface area contributed by atoms with Crippen LogP contribution in [0, 0.1) is 0 Å². The molecule has 2 amide bonds. The topological polar surface area (TPSA) is 80.1 Å². The summed E-state index contributed by atoms with van der Waals surface area (Å²) in [6, 6.07) is 23.9. The zero-order chi connectivity index (χ0) is 24.9. The van der Waals surface area contributed by atoms with Gasteiger partial charge in [0.25, 0.3) is 11.8 Å². The van der Waals surface area contributed by atoms with Crippen LogP contribution in [0.3, 0.4) is 0 Å². The maximum absolute atomic E-state index is 14.6. The Kier molecular flexibility index (Phi) is 5.23. The summed E-state index contributed by atoms with van der Waals surface area (Å²) >= 11 is 0. The molecule has 180 valence electrons. The van der Waals surface area contributed by atoms with Crippen molar-refractivity contribution in [3.63, 3.8) is 0 Å². The van der Waals surface area contributed by atoms with E-state index in [1.807, 2.05) is 54.6 Å². The van der Waals surface area contributed by atoms with E-state index in [-0.39, 0.29) is 29.2 Å². The summed E-state index contributed by atoms with van der Waals surface area (Å²) in [4.78, 5) is 45.6. The molecule has 1 atom stereocenters. The van der Waals surface area contributed by atoms with Gasteiger partial charge in [-0.25, -0.2) is 0 Å². The summed E-state index contributed by atoms with van der Waals surface area (Å²) in [7, 11) is 1.59. The quantitative estimate of drug-likeness (QED) is 0.389. The number of fused-ring (bicyclic) bond motifs is 5. The Labute approximate surface area is 207 Å². The standard InChI is InChI=1S/C29H24N2O5/c1-35-17-9-16-31-27(33)26-24(25(32)20-12-5-8-15-23(20)36-26)29(31)21-13-6-7-14-22(21)30(28(29)34)18-19-10-3-2-4-11-19/h2-8,10-15H,9,16-18H2,1H3. The molecule has 0 fully saturated rings. The second-order valence-electron chi connectivity index (χ2n) is 9.04. The van der Waals surface area contributed by atoms with Gasteiger partial charge in [0.2, 0.25) is 5.76 Å². The highest BCUT2D eigenvalue weighted by Crippen LogP contribution is 2.52. The van der Waals surface area contributed by atoms with Gasteiger partial charge in [0.1, 0.15) is 5.58 Å². The van der Waals surface area contributed by atoms with Crippen molar-refractivity contribution in [2.75, 3.05) is 25.2 Å². The molecule has 36 heavy (non-hydrogen) atoms. The third-order valence-corrected chi connectivity index (χ3v) is 7.06. The molecular formula is C29H24N2O5. The lowest BCUT2D eigenvalue weighted by Gasteiger charge is -2.34. The SMILES string of the molecule is COCCCN1C(=O)c2oc3ccccc3c(=O)c2C12C(=O)N(Cc1ccccc1)c1ccccc12. The monoisotopic (exact) mass is 480 g/mol. The van der Waals surface area contributed by atoms with Crippen LogP contribution in [0.5, 0.6) is 0 Å². The molecule has 3 aromatic carbocycles. The first-order valence-electron chi connectivity index (χ1n) is 11.9. The third kappa shape index (κ3) is 2.99. The summed E-state index contributed by atoms with van der Waals surface area (Å²) in [6.07, 6.45) is 0.500. The van der Waals surface area contributed by atoms with Gasteiger partial charge in [0, 0.05) is 25.8 Å². The molecule has 0 saturated heterocycles. The van der Waals surface area contributed by atoms with Crippen LogP contribution in [0.15, 0.2) is 88.1 Å². The fourth-order valence-electron chi connectivity index (χ4n) is 5.53. The second-order valence-corrected chi connectivity index (χ2v) is 9.04. The predicted molar refractivity (Wildman–Crippen MR) is 135 cm³/mol. The lowest BCUT2D eigenvalue weighted by Crippen LogP contribution is -2.53. The molecule has 7 nitrogen and oxygen atoms in total. The van der Waals surface area contributed by atoms with Crippen LogP contribution in [-0.2, 0) is 21.6 Å². The van der Waals surface area contributed by atoms with Gasteiger partial charge >= 0.3 is 0 Å². The number of benzene rings is 3. The van der Waals surface area contributed by atoms with Crippen LogP contribution in [0.4, 0.5) is 5.69 Å². The maximum atomic E-state index is 14.6. The van der Waals surface area contributed by atoms with Crippen LogP contribution in [0.2, 0.25) is 0 Å². The Morgan fingerprint density at radius 3 is 2.42 bits per heavy atom. The Morgan fingerprint density at radius 2 is 1.61 bits per heavy atom. The fraction of sp³-hybridized carbons (Fsp3) is 0.207. The molecule has 1 unspecified atom stereocenters. The lowest BCUT2D eigenvalue weighted by molar-refractivity contribution is -0.126. The van der Waals surface area contributed by atoms with Gasteiger partial charge in [-0.3, -0.25) is 14.4 Å². The van der Waals surface area contributed by atoms with Gasteiger partial charge in [0.05, 0.1) is 23.2 Å². The van der Waals surface area contributed by atoms with Crippen molar-refractivity contribution >= 4 is 28.5 Å². The summed E-state index contributed by atoms with van der Waals surface area (Å²) in [6.45, 7) is 0.946. The smallest absolute Gasteiger partial charge is 0.291 e. The van der Waals surface area contributed by atoms with E-state index in [1.54, 1.807) is 36.3 Å². The minimum atomic E-state index is -1.60. The molecule has 0 N–H and O–H groups in total. The molecule has 0 bridgehead atoms. The van der Waals surface area contributed by atoms with Gasteiger partial charge in [-0.05, 0) is 30.2 Å². The number of carbonyl (C=O) groups is 2. The summed E-state index contributed by atoms with van der Waals surface area (Å²) in [5.41, 5.74) is 0.683. The Hall–Kier alpha value is -4.23. The van der Waals surface area contributed by atoms with Crippen molar-refractivity contribution in [1.29, 1.82) is 0 Å². The van der Waals surface area contributed by atoms with E-state index in [0.717, 1.165) is 5.56 Å². The Bertz CT molecular complexity index is 1560. The molecule has 1 aromatic heterocycles. The zero-order valence-electron chi connectivity index (χ0n) is 19.8. The largest absolute Gasteiger partial charge is 0.450 e. The van der Waals surface area contributed by atoms with E-state index >= 15 is 0 Å².